The highest BCUT2D eigenvalue weighted by molar-refractivity contribution is 5.95. The first kappa shape index (κ1) is 23.6. The molecule has 2 aliphatic rings. The van der Waals surface area contributed by atoms with Gasteiger partial charge >= 0.3 is 0 Å². The molecule has 5 nitrogen and oxygen atoms in total. The number of benzene rings is 2. The van der Waals surface area contributed by atoms with Gasteiger partial charge in [0.05, 0.1) is 18.4 Å². The summed E-state index contributed by atoms with van der Waals surface area (Å²) >= 11 is 0. The lowest BCUT2D eigenvalue weighted by Gasteiger charge is -2.40. The van der Waals surface area contributed by atoms with E-state index in [4.69, 9.17) is 9.15 Å². The molecule has 1 atom stereocenters. The number of rotatable bonds is 7. The van der Waals surface area contributed by atoms with E-state index >= 15 is 0 Å². The Morgan fingerprint density at radius 3 is 2.71 bits per heavy atom. The Balaban J connectivity index is 1.29. The van der Waals surface area contributed by atoms with Crippen LogP contribution in [0.1, 0.15) is 45.7 Å². The molecule has 0 saturated carbocycles. The van der Waals surface area contributed by atoms with Crippen LogP contribution >= 0.6 is 0 Å². The molecule has 0 radical (unpaired) electrons. The molecule has 3 aromatic rings. The van der Waals surface area contributed by atoms with Crippen molar-refractivity contribution in [1.82, 2.24) is 9.80 Å². The van der Waals surface area contributed by atoms with Crippen LogP contribution in [0.25, 0.3) is 0 Å². The highest BCUT2D eigenvalue weighted by Gasteiger charge is 2.33. The van der Waals surface area contributed by atoms with E-state index in [0.29, 0.717) is 29.2 Å². The largest absolute Gasteiger partial charge is 0.493 e. The first-order valence-electron chi connectivity index (χ1n) is 12.5. The summed E-state index contributed by atoms with van der Waals surface area (Å²) in [4.78, 5) is 17.6. The number of likely N-dealkylation sites (tertiary alicyclic amines) is 1. The van der Waals surface area contributed by atoms with Crippen LogP contribution < -0.4 is 4.74 Å². The van der Waals surface area contributed by atoms with Crippen LogP contribution in [0.2, 0.25) is 0 Å². The van der Waals surface area contributed by atoms with Crippen molar-refractivity contribution < 1.29 is 18.3 Å². The van der Waals surface area contributed by atoms with Gasteiger partial charge < -0.3 is 14.1 Å². The number of amides is 1. The number of hydrogen-bond acceptors (Lipinski definition) is 4. The molecular formula is C29H33FN2O3. The predicted octanol–water partition coefficient (Wildman–Crippen LogP) is 5.26. The zero-order valence-corrected chi connectivity index (χ0v) is 20.5. The van der Waals surface area contributed by atoms with Gasteiger partial charge in [-0.3, -0.25) is 9.69 Å². The molecule has 184 valence electrons. The number of halogens is 1. The number of likely N-dealkylation sites (N-methyl/N-ethyl adjacent to an activating group) is 1. The number of fused-ring (bicyclic) bond motifs is 1. The number of carbonyl (C=O) groups is 1. The van der Waals surface area contributed by atoms with Crippen molar-refractivity contribution in [2.24, 2.45) is 5.92 Å². The van der Waals surface area contributed by atoms with Crippen molar-refractivity contribution in [1.29, 1.82) is 0 Å². The molecule has 0 bridgehead atoms. The smallest absolute Gasteiger partial charge is 0.257 e. The summed E-state index contributed by atoms with van der Waals surface area (Å²) in [5.74, 6) is 1.64. The van der Waals surface area contributed by atoms with Crippen LogP contribution in [0, 0.1) is 18.7 Å². The minimum atomic E-state index is -0.212. The molecule has 0 aliphatic carbocycles. The van der Waals surface area contributed by atoms with Gasteiger partial charge in [0.2, 0.25) is 0 Å². The summed E-state index contributed by atoms with van der Waals surface area (Å²) < 4.78 is 25.6. The van der Waals surface area contributed by atoms with E-state index in [-0.39, 0.29) is 17.8 Å². The number of nitrogens with zero attached hydrogens (tertiary/aromatic N) is 2. The Morgan fingerprint density at radius 1 is 1.17 bits per heavy atom. The van der Waals surface area contributed by atoms with Crippen LogP contribution in [0.5, 0.6) is 5.75 Å². The third-order valence-corrected chi connectivity index (χ3v) is 7.63. The van der Waals surface area contributed by atoms with Crippen LogP contribution in [0.3, 0.4) is 0 Å². The molecule has 5 rings (SSSR count). The van der Waals surface area contributed by atoms with Crippen LogP contribution in [-0.4, -0.2) is 48.5 Å². The number of ether oxygens (including phenoxy) is 1. The van der Waals surface area contributed by atoms with Gasteiger partial charge in [0.1, 0.15) is 17.3 Å². The van der Waals surface area contributed by atoms with Gasteiger partial charge in [-0.2, -0.15) is 0 Å². The average Bonchev–Trinajstić information content (AvgIpc) is 3.52. The molecule has 2 aromatic carbocycles. The second kappa shape index (κ2) is 10.2. The zero-order valence-electron chi connectivity index (χ0n) is 20.5. The maximum atomic E-state index is 14.6. The fourth-order valence-corrected chi connectivity index (χ4v) is 5.55. The van der Waals surface area contributed by atoms with Gasteiger partial charge in [-0.15, -0.1) is 0 Å². The molecule has 35 heavy (non-hydrogen) atoms. The molecule has 1 fully saturated rings. The van der Waals surface area contributed by atoms with Gasteiger partial charge in [0.15, 0.2) is 0 Å². The number of aryl methyl sites for hydroxylation is 1. The van der Waals surface area contributed by atoms with E-state index in [0.717, 1.165) is 51.3 Å². The molecule has 0 N–H and O–H groups in total. The van der Waals surface area contributed by atoms with Gasteiger partial charge in [-0.05, 0) is 80.1 Å². The maximum absolute atomic E-state index is 14.6. The topological polar surface area (TPSA) is 45.9 Å². The van der Waals surface area contributed by atoms with Gasteiger partial charge in [-0.25, -0.2) is 4.39 Å². The van der Waals surface area contributed by atoms with Crippen LogP contribution in [0.15, 0.2) is 59.2 Å². The third kappa shape index (κ3) is 5.13. The molecule has 0 unspecified atom stereocenters. The van der Waals surface area contributed by atoms with Crippen LogP contribution in [0.4, 0.5) is 4.39 Å². The van der Waals surface area contributed by atoms with E-state index in [2.05, 4.69) is 23.1 Å². The lowest BCUT2D eigenvalue weighted by atomic mass is 9.84. The Morgan fingerprint density at radius 2 is 1.97 bits per heavy atom. The molecule has 0 spiro atoms. The SMILES string of the molecule is Cc1occc1C(=O)N(C)[C@H](Cc1ccccc1F)C1CCN(Cc2ccc3c(c2)CCO3)CC1. The molecular weight excluding hydrogens is 443 g/mol. The van der Waals surface area contributed by atoms with E-state index in [1.807, 2.05) is 24.1 Å². The van der Waals surface area contributed by atoms with E-state index in [1.165, 1.54) is 17.2 Å². The normalized spacial score (nSPS) is 17.1. The number of carbonyl (C=O) groups excluding carboxylic acids is 1. The molecule has 2 aliphatic heterocycles. The Bertz CT molecular complexity index is 1180. The fourth-order valence-electron chi connectivity index (χ4n) is 5.55. The fraction of sp³-hybridized carbons (Fsp3) is 0.414. The van der Waals surface area contributed by atoms with Crippen molar-refractivity contribution in [3.63, 3.8) is 0 Å². The van der Waals surface area contributed by atoms with E-state index < -0.39 is 0 Å². The van der Waals surface area contributed by atoms with Crippen LogP contribution in [-0.2, 0) is 19.4 Å². The molecule has 1 aromatic heterocycles. The number of hydrogen-bond donors (Lipinski definition) is 0. The average molecular weight is 477 g/mol. The summed E-state index contributed by atoms with van der Waals surface area (Å²) in [6.07, 6.45) is 4.97. The zero-order chi connectivity index (χ0) is 24.4. The first-order valence-corrected chi connectivity index (χ1v) is 12.5. The summed E-state index contributed by atoms with van der Waals surface area (Å²) in [6.45, 7) is 5.41. The predicted molar refractivity (Wildman–Crippen MR) is 133 cm³/mol. The first-order chi connectivity index (χ1) is 17.0. The van der Waals surface area contributed by atoms with Crippen molar-refractivity contribution in [2.45, 2.75) is 45.2 Å². The van der Waals surface area contributed by atoms with Crippen molar-refractivity contribution >= 4 is 5.91 Å². The molecule has 1 amide bonds. The number of piperidine rings is 1. The highest BCUT2D eigenvalue weighted by Crippen LogP contribution is 2.30. The number of furan rings is 1. The quantitative estimate of drug-likeness (QED) is 0.467. The third-order valence-electron chi connectivity index (χ3n) is 7.63. The van der Waals surface area contributed by atoms with Crippen molar-refractivity contribution in [2.75, 3.05) is 26.7 Å². The Hall–Kier alpha value is -3.12. The second-order valence-corrected chi connectivity index (χ2v) is 9.82. The monoisotopic (exact) mass is 476 g/mol. The van der Waals surface area contributed by atoms with Crippen molar-refractivity contribution in [3.05, 3.63) is 88.6 Å². The Labute approximate surface area is 206 Å². The van der Waals surface area contributed by atoms with Gasteiger partial charge in [0.25, 0.3) is 5.91 Å². The highest BCUT2D eigenvalue weighted by atomic mass is 19.1. The van der Waals surface area contributed by atoms with Crippen molar-refractivity contribution in [3.8, 4) is 5.75 Å². The van der Waals surface area contributed by atoms with Gasteiger partial charge in [-0.1, -0.05) is 30.3 Å². The van der Waals surface area contributed by atoms with E-state index in [9.17, 15) is 9.18 Å². The molecule has 6 heteroatoms. The summed E-state index contributed by atoms with van der Waals surface area (Å²) in [5.41, 5.74) is 3.85. The minimum absolute atomic E-state index is 0.0691. The summed E-state index contributed by atoms with van der Waals surface area (Å²) in [6, 6.07) is 15.1. The van der Waals surface area contributed by atoms with Gasteiger partial charge in [0, 0.05) is 26.1 Å². The second-order valence-electron chi connectivity index (χ2n) is 9.82. The van der Waals surface area contributed by atoms with E-state index in [1.54, 1.807) is 25.3 Å². The standard InChI is InChI=1S/C29H33FN2O3/c1-20-25(12-16-34-20)29(33)31(2)27(18-23-5-3-4-6-26(23)30)22-9-13-32(14-10-22)19-21-7-8-28-24(17-21)11-15-35-28/h3-8,12,16-17,22,27H,9-11,13-15,18-19H2,1-2H3/t27-/m1/s1. The molecule has 3 heterocycles. The lowest BCUT2D eigenvalue weighted by Crippen LogP contribution is -2.47. The summed E-state index contributed by atoms with van der Waals surface area (Å²) in [7, 11) is 1.85. The maximum Gasteiger partial charge on any atom is 0.257 e. The Kier molecular flexibility index (Phi) is 6.91. The summed E-state index contributed by atoms with van der Waals surface area (Å²) in [5, 5.41) is 0. The minimum Gasteiger partial charge on any atom is -0.493 e. The lowest BCUT2D eigenvalue weighted by molar-refractivity contribution is 0.0581. The molecule has 1 saturated heterocycles.